The van der Waals surface area contributed by atoms with Crippen LogP contribution in [-0.2, 0) is 0 Å². The number of pyridine rings is 1. The standard InChI is InChI=1S/C17H11ClN2O/c18-12-4-1-3-11(9-12)13-5-2-6-14-15(21)10-16-19-7-8-20(16)17(13)14/h1-10,21H. The maximum Gasteiger partial charge on any atom is 0.140 e. The van der Waals surface area contributed by atoms with E-state index in [2.05, 4.69) is 4.98 Å². The Bertz CT molecular complexity index is 975. The van der Waals surface area contributed by atoms with E-state index in [1.807, 2.05) is 53.1 Å². The Morgan fingerprint density at radius 2 is 1.90 bits per heavy atom. The van der Waals surface area contributed by atoms with E-state index in [0.717, 1.165) is 27.7 Å². The quantitative estimate of drug-likeness (QED) is 0.561. The fraction of sp³-hybridized carbons (Fsp3) is 0. The molecule has 2 aromatic carbocycles. The number of fused-ring (bicyclic) bond motifs is 3. The summed E-state index contributed by atoms with van der Waals surface area (Å²) in [5.74, 6) is 0.229. The van der Waals surface area contributed by atoms with Gasteiger partial charge in [0, 0.05) is 34.4 Å². The summed E-state index contributed by atoms with van der Waals surface area (Å²) >= 11 is 6.11. The molecule has 1 N–H and O–H groups in total. The Hall–Kier alpha value is -2.52. The van der Waals surface area contributed by atoms with Crippen molar-refractivity contribution in [2.75, 3.05) is 0 Å². The fourth-order valence-corrected chi connectivity index (χ4v) is 2.90. The number of para-hydroxylation sites is 1. The van der Waals surface area contributed by atoms with Gasteiger partial charge in [-0.2, -0.15) is 0 Å². The summed E-state index contributed by atoms with van der Waals surface area (Å²) in [7, 11) is 0. The summed E-state index contributed by atoms with van der Waals surface area (Å²) < 4.78 is 1.98. The number of rotatable bonds is 1. The largest absolute Gasteiger partial charge is 0.507 e. The van der Waals surface area contributed by atoms with Gasteiger partial charge in [-0.25, -0.2) is 4.98 Å². The highest BCUT2D eigenvalue weighted by Gasteiger charge is 2.11. The topological polar surface area (TPSA) is 37.5 Å². The van der Waals surface area contributed by atoms with Crippen molar-refractivity contribution < 1.29 is 5.11 Å². The lowest BCUT2D eigenvalue weighted by atomic mass is 10.0. The van der Waals surface area contributed by atoms with Crippen LogP contribution in [0.5, 0.6) is 5.75 Å². The minimum atomic E-state index is 0.229. The fourth-order valence-electron chi connectivity index (χ4n) is 2.71. The third-order valence-corrected chi connectivity index (χ3v) is 3.86. The minimum absolute atomic E-state index is 0.229. The van der Waals surface area contributed by atoms with Crippen LogP contribution in [0.2, 0.25) is 5.02 Å². The SMILES string of the molecule is Oc1cc2nccn2c2c(-c3cccc(Cl)c3)cccc12. The third-order valence-electron chi connectivity index (χ3n) is 3.62. The second-order valence-corrected chi connectivity index (χ2v) is 5.33. The first-order valence-electron chi connectivity index (χ1n) is 6.58. The molecule has 4 rings (SSSR count). The molecule has 0 aliphatic rings. The van der Waals surface area contributed by atoms with E-state index in [1.165, 1.54) is 0 Å². The van der Waals surface area contributed by atoms with Gasteiger partial charge in [0.15, 0.2) is 0 Å². The van der Waals surface area contributed by atoms with Crippen LogP contribution in [0.4, 0.5) is 0 Å². The monoisotopic (exact) mass is 294 g/mol. The molecule has 4 heteroatoms. The van der Waals surface area contributed by atoms with Gasteiger partial charge < -0.3 is 5.11 Å². The molecule has 0 unspecified atom stereocenters. The van der Waals surface area contributed by atoms with Crippen LogP contribution in [0.15, 0.2) is 60.9 Å². The van der Waals surface area contributed by atoms with Crippen LogP contribution >= 0.6 is 11.6 Å². The van der Waals surface area contributed by atoms with Gasteiger partial charge in [-0.05, 0) is 23.8 Å². The summed E-state index contributed by atoms with van der Waals surface area (Å²) in [4.78, 5) is 4.26. The van der Waals surface area contributed by atoms with Crippen LogP contribution < -0.4 is 0 Å². The number of benzene rings is 2. The van der Waals surface area contributed by atoms with Crippen molar-refractivity contribution in [2.24, 2.45) is 0 Å². The number of hydrogen-bond donors (Lipinski definition) is 1. The van der Waals surface area contributed by atoms with Crippen LogP contribution in [0.1, 0.15) is 0 Å². The van der Waals surface area contributed by atoms with E-state index in [4.69, 9.17) is 11.6 Å². The summed E-state index contributed by atoms with van der Waals surface area (Å²) in [6, 6.07) is 15.2. The molecule has 21 heavy (non-hydrogen) atoms. The molecular formula is C17H11ClN2O. The van der Waals surface area contributed by atoms with Crippen molar-refractivity contribution in [1.82, 2.24) is 9.38 Å². The first-order valence-corrected chi connectivity index (χ1v) is 6.95. The van der Waals surface area contributed by atoms with Crippen molar-refractivity contribution in [3.63, 3.8) is 0 Å². The Labute approximate surface area is 126 Å². The van der Waals surface area contributed by atoms with Crippen LogP contribution in [0.25, 0.3) is 27.7 Å². The first-order chi connectivity index (χ1) is 10.2. The number of aromatic nitrogens is 2. The van der Waals surface area contributed by atoms with E-state index in [1.54, 1.807) is 12.3 Å². The molecule has 4 aromatic rings. The zero-order valence-electron chi connectivity index (χ0n) is 11.0. The predicted molar refractivity (Wildman–Crippen MR) is 84.8 cm³/mol. The van der Waals surface area contributed by atoms with Crippen LogP contribution in [-0.4, -0.2) is 14.5 Å². The molecule has 0 aliphatic carbocycles. The lowest BCUT2D eigenvalue weighted by molar-refractivity contribution is 0.481. The van der Waals surface area contributed by atoms with E-state index in [0.29, 0.717) is 5.02 Å². The molecule has 0 saturated heterocycles. The van der Waals surface area contributed by atoms with Crippen molar-refractivity contribution in [2.45, 2.75) is 0 Å². The average Bonchev–Trinajstić information content (AvgIpc) is 2.95. The lowest BCUT2D eigenvalue weighted by Gasteiger charge is -2.11. The summed E-state index contributed by atoms with van der Waals surface area (Å²) in [6.07, 6.45) is 3.62. The second kappa shape index (κ2) is 4.50. The van der Waals surface area contributed by atoms with E-state index in [9.17, 15) is 5.11 Å². The maximum absolute atomic E-state index is 10.2. The van der Waals surface area contributed by atoms with Gasteiger partial charge in [-0.3, -0.25) is 4.40 Å². The average molecular weight is 295 g/mol. The highest BCUT2D eigenvalue weighted by molar-refractivity contribution is 6.30. The highest BCUT2D eigenvalue weighted by Crippen LogP contribution is 2.34. The molecule has 0 saturated carbocycles. The number of hydrogen-bond acceptors (Lipinski definition) is 2. The number of nitrogens with zero attached hydrogens (tertiary/aromatic N) is 2. The smallest absolute Gasteiger partial charge is 0.140 e. The molecule has 102 valence electrons. The zero-order chi connectivity index (χ0) is 14.4. The van der Waals surface area contributed by atoms with Gasteiger partial charge in [-0.1, -0.05) is 35.9 Å². The Morgan fingerprint density at radius 3 is 2.76 bits per heavy atom. The summed E-state index contributed by atoms with van der Waals surface area (Å²) in [5, 5.41) is 11.7. The lowest BCUT2D eigenvalue weighted by Crippen LogP contribution is -1.91. The van der Waals surface area contributed by atoms with Crippen molar-refractivity contribution in [1.29, 1.82) is 0 Å². The molecule has 0 amide bonds. The van der Waals surface area contributed by atoms with Gasteiger partial charge in [0.25, 0.3) is 0 Å². The molecule has 0 fully saturated rings. The van der Waals surface area contributed by atoms with Crippen LogP contribution in [0, 0.1) is 0 Å². The molecule has 0 radical (unpaired) electrons. The van der Waals surface area contributed by atoms with Gasteiger partial charge in [0.1, 0.15) is 11.4 Å². The molecule has 3 nitrogen and oxygen atoms in total. The van der Waals surface area contributed by atoms with Gasteiger partial charge >= 0.3 is 0 Å². The Kier molecular flexibility index (Phi) is 2.62. The predicted octanol–water partition coefficient (Wildman–Crippen LogP) is 4.51. The molecular weight excluding hydrogens is 284 g/mol. The van der Waals surface area contributed by atoms with Gasteiger partial charge in [0.05, 0.1) is 5.52 Å². The number of aromatic hydroxyl groups is 1. The van der Waals surface area contributed by atoms with Crippen molar-refractivity contribution in [3.05, 3.63) is 65.9 Å². The molecule has 2 heterocycles. The molecule has 0 atom stereocenters. The van der Waals surface area contributed by atoms with Gasteiger partial charge in [-0.15, -0.1) is 0 Å². The van der Waals surface area contributed by atoms with E-state index < -0.39 is 0 Å². The zero-order valence-corrected chi connectivity index (χ0v) is 11.7. The summed E-state index contributed by atoms with van der Waals surface area (Å²) in [6.45, 7) is 0. The van der Waals surface area contributed by atoms with Crippen molar-refractivity contribution >= 4 is 28.2 Å². The first kappa shape index (κ1) is 12.2. The second-order valence-electron chi connectivity index (χ2n) is 4.90. The maximum atomic E-state index is 10.2. The molecule has 0 bridgehead atoms. The van der Waals surface area contributed by atoms with Crippen molar-refractivity contribution in [3.8, 4) is 16.9 Å². The van der Waals surface area contributed by atoms with Gasteiger partial charge in [0.2, 0.25) is 0 Å². The highest BCUT2D eigenvalue weighted by atomic mass is 35.5. The Morgan fingerprint density at radius 1 is 1.05 bits per heavy atom. The van der Waals surface area contributed by atoms with E-state index in [-0.39, 0.29) is 5.75 Å². The summed E-state index contributed by atoms with van der Waals surface area (Å²) in [5.41, 5.74) is 3.66. The van der Waals surface area contributed by atoms with Crippen LogP contribution in [0.3, 0.4) is 0 Å². The molecule has 0 spiro atoms. The minimum Gasteiger partial charge on any atom is -0.507 e. The number of imidazole rings is 1. The normalized spacial score (nSPS) is 11.3. The van der Waals surface area contributed by atoms with E-state index >= 15 is 0 Å². The number of halogens is 1. The molecule has 0 aliphatic heterocycles. The third kappa shape index (κ3) is 1.86. The molecule has 2 aromatic heterocycles. The Balaban J connectivity index is 2.19.